The van der Waals surface area contributed by atoms with Gasteiger partial charge in [0.2, 0.25) is 5.78 Å². The first-order valence-corrected chi connectivity index (χ1v) is 11.0. The second-order valence-electron chi connectivity index (χ2n) is 10.4. The molecule has 3 saturated carbocycles. The van der Waals surface area contributed by atoms with Gasteiger partial charge < -0.3 is 14.9 Å². The molecule has 2 N–H and O–H groups in total. The Kier molecular flexibility index (Phi) is 5.10. The molecular formula is C24H31FO6. The molecule has 0 aromatic carbocycles. The minimum absolute atomic E-state index is 0.0985. The molecule has 4 aliphatic carbocycles. The average Bonchev–Trinajstić information content (AvgIpc) is 2.88. The number of halogens is 1. The lowest BCUT2D eigenvalue weighted by Gasteiger charge is -2.60. The summed E-state index contributed by atoms with van der Waals surface area (Å²) in [4.78, 5) is 36.2. The van der Waals surface area contributed by atoms with Gasteiger partial charge in [-0.2, -0.15) is 0 Å². The molecule has 7 heteroatoms. The molecule has 3 fully saturated rings. The Labute approximate surface area is 181 Å². The molecule has 0 aliphatic heterocycles. The highest BCUT2D eigenvalue weighted by molar-refractivity contribution is 6.01. The highest BCUT2D eigenvalue weighted by Gasteiger charge is 2.71. The fraction of sp³-hybridized carbons (Fsp3) is 0.708. The highest BCUT2D eigenvalue weighted by atomic mass is 19.1. The van der Waals surface area contributed by atoms with E-state index < -0.39 is 64.8 Å². The Bertz CT molecular complexity index is 895. The second kappa shape index (κ2) is 7.07. The molecule has 0 heterocycles. The van der Waals surface area contributed by atoms with Crippen molar-refractivity contribution >= 4 is 17.5 Å². The largest absolute Gasteiger partial charge is 0.458 e. The molecule has 0 bridgehead atoms. The van der Waals surface area contributed by atoms with Gasteiger partial charge >= 0.3 is 5.97 Å². The molecule has 0 radical (unpaired) electrons. The zero-order valence-corrected chi connectivity index (χ0v) is 18.4. The van der Waals surface area contributed by atoms with Gasteiger partial charge in [0.15, 0.2) is 12.4 Å². The molecule has 6 nitrogen and oxygen atoms in total. The zero-order chi connectivity index (χ0) is 22.9. The number of aliphatic hydroxyl groups excluding tert-OH is 1. The Morgan fingerprint density at radius 1 is 1.32 bits per heavy atom. The van der Waals surface area contributed by atoms with E-state index in [-0.39, 0.29) is 24.5 Å². The third kappa shape index (κ3) is 2.92. The number of esters is 1. The molecule has 4 rings (SSSR count). The van der Waals surface area contributed by atoms with Crippen molar-refractivity contribution in [1.29, 1.82) is 0 Å². The van der Waals surface area contributed by atoms with Gasteiger partial charge in [-0.05, 0) is 36.8 Å². The average molecular weight is 435 g/mol. The number of ether oxygens (including phenoxy) is 1. The van der Waals surface area contributed by atoms with Crippen LogP contribution in [0.4, 0.5) is 4.39 Å². The Balaban J connectivity index is 1.75. The molecule has 170 valence electrons. The third-order valence-corrected chi connectivity index (χ3v) is 8.90. The fourth-order valence-corrected chi connectivity index (χ4v) is 7.45. The predicted octanol–water partition coefficient (Wildman–Crippen LogP) is 2.32. The van der Waals surface area contributed by atoms with Crippen LogP contribution in [-0.4, -0.2) is 52.2 Å². The molecule has 0 saturated heterocycles. The number of alkyl halides is 1. The van der Waals surface area contributed by atoms with Gasteiger partial charge in [0.25, 0.3) is 0 Å². The summed E-state index contributed by atoms with van der Waals surface area (Å²) in [5, 5.41) is 23.0. The molecule has 4 aliphatic rings. The van der Waals surface area contributed by atoms with Gasteiger partial charge in [0.05, 0.1) is 6.10 Å². The first-order valence-electron chi connectivity index (χ1n) is 11.0. The lowest BCUT2D eigenvalue weighted by molar-refractivity contribution is -0.192. The molecule has 4 unspecified atom stereocenters. The minimum Gasteiger partial charge on any atom is -0.458 e. The SMILES string of the molecule is CC(=O)OCC(=O)[C@@]1(O)[C@@H](C)CC2C3C(C(O)C[C@@]21C)[C@@]1(C)C=CC(=O)C=C1C[C@H]3F. The standard InChI is InChI=1S/C24H31FO6/c1-12-7-16-20-17(25)9-14-8-15(27)5-6-22(14,3)21(20)18(28)10-23(16,4)24(12,30)19(29)11-31-13(2)26/h5-6,8,12,16-18,20-21,28,30H,7,9-11H2,1-4H3/t12-,16?,17+,18?,20?,21?,22-,23-,24-/m0/s1. The van der Waals surface area contributed by atoms with Crippen molar-refractivity contribution in [3.8, 4) is 0 Å². The van der Waals surface area contributed by atoms with E-state index in [1.165, 1.54) is 19.1 Å². The van der Waals surface area contributed by atoms with E-state index in [0.717, 1.165) is 0 Å². The molecule has 0 aromatic heterocycles. The summed E-state index contributed by atoms with van der Waals surface area (Å²) < 4.78 is 20.6. The van der Waals surface area contributed by atoms with Crippen molar-refractivity contribution in [3.05, 3.63) is 23.8 Å². The number of allylic oxidation sites excluding steroid dienone is 4. The summed E-state index contributed by atoms with van der Waals surface area (Å²) >= 11 is 0. The quantitative estimate of drug-likeness (QED) is 0.661. The van der Waals surface area contributed by atoms with Crippen molar-refractivity contribution < 1.29 is 33.7 Å². The fourth-order valence-electron chi connectivity index (χ4n) is 7.45. The van der Waals surface area contributed by atoms with E-state index in [1.54, 1.807) is 19.9 Å². The van der Waals surface area contributed by atoms with Crippen LogP contribution in [-0.2, 0) is 19.1 Å². The maximum absolute atomic E-state index is 15.7. The van der Waals surface area contributed by atoms with E-state index >= 15 is 4.39 Å². The number of rotatable bonds is 3. The van der Waals surface area contributed by atoms with Crippen molar-refractivity contribution in [1.82, 2.24) is 0 Å². The molecular weight excluding hydrogens is 403 g/mol. The molecule has 31 heavy (non-hydrogen) atoms. The number of hydrogen-bond donors (Lipinski definition) is 2. The Morgan fingerprint density at radius 2 is 2.00 bits per heavy atom. The first-order chi connectivity index (χ1) is 14.4. The van der Waals surface area contributed by atoms with Gasteiger partial charge in [-0.15, -0.1) is 0 Å². The van der Waals surface area contributed by atoms with E-state index in [1.807, 2.05) is 6.92 Å². The Hall–Kier alpha value is -1.86. The van der Waals surface area contributed by atoms with Gasteiger partial charge in [-0.25, -0.2) is 4.39 Å². The summed E-state index contributed by atoms with van der Waals surface area (Å²) in [5.41, 5.74) is -2.83. The molecule has 9 atom stereocenters. The van der Waals surface area contributed by atoms with Crippen LogP contribution in [0.5, 0.6) is 0 Å². The number of ketones is 2. The second-order valence-corrected chi connectivity index (χ2v) is 10.4. The van der Waals surface area contributed by atoms with E-state index in [0.29, 0.717) is 12.0 Å². The normalized spacial score (nSPS) is 48.4. The summed E-state index contributed by atoms with van der Waals surface area (Å²) in [5.74, 6) is -3.22. The number of hydrogen-bond acceptors (Lipinski definition) is 6. The number of carbonyl (C=O) groups is 3. The topological polar surface area (TPSA) is 101 Å². The summed E-state index contributed by atoms with van der Waals surface area (Å²) in [6, 6.07) is 0. The van der Waals surface area contributed by atoms with Crippen molar-refractivity contribution in [3.63, 3.8) is 0 Å². The van der Waals surface area contributed by atoms with Crippen LogP contribution in [0, 0.1) is 34.5 Å². The van der Waals surface area contributed by atoms with Crippen molar-refractivity contribution in [2.75, 3.05) is 6.61 Å². The maximum atomic E-state index is 15.7. The number of carbonyl (C=O) groups excluding carboxylic acids is 3. The lowest BCUT2D eigenvalue weighted by Crippen LogP contribution is -2.64. The van der Waals surface area contributed by atoms with Crippen LogP contribution in [0.1, 0.15) is 47.0 Å². The number of aliphatic hydroxyl groups is 2. The van der Waals surface area contributed by atoms with Gasteiger partial charge in [0.1, 0.15) is 11.8 Å². The van der Waals surface area contributed by atoms with Crippen LogP contribution in [0.25, 0.3) is 0 Å². The molecule has 0 aromatic rings. The van der Waals surface area contributed by atoms with Gasteiger partial charge in [-0.1, -0.05) is 32.4 Å². The van der Waals surface area contributed by atoms with Crippen LogP contribution in [0.2, 0.25) is 0 Å². The summed E-state index contributed by atoms with van der Waals surface area (Å²) in [7, 11) is 0. The Morgan fingerprint density at radius 3 is 2.65 bits per heavy atom. The van der Waals surface area contributed by atoms with E-state index in [2.05, 4.69) is 0 Å². The monoisotopic (exact) mass is 434 g/mol. The van der Waals surface area contributed by atoms with E-state index in [9.17, 15) is 24.6 Å². The number of Topliss-reactive ketones (excluding diaryl/α,β-unsaturated/α-hetero) is 1. The summed E-state index contributed by atoms with van der Waals surface area (Å²) in [6.07, 6.45) is 3.16. The van der Waals surface area contributed by atoms with Crippen LogP contribution < -0.4 is 0 Å². The zero-order valence-electron chi connectivity index (χ0n) is 18.4. The maximum Gasteiger partial charge on any atom is 0.303 e. The van der Waals surface area contributed by atoms with Gasteiger partial charge in [0, 0.05) is 36.0 Å². The van der Waals surface area contributed by atoms with Crippen molar-refractivity contribution in [2.24, 2.45) is 34.5 Å². The highest BCUT2D eigenvalue weighted by Crippen LogP contribution is 2.68. The minimum atomic E-state index is -1.83. The van der Waals surface area contributed by atoms with E-state index in [4.69, 9.17) is 4.74 Å². The molecule has 0 amide bonds. The predicted molar refractivity (Wildman–Crippen MR) is 109 cm³/mol. The third-order valence-electron chi connectivity index (χ3n) is 8.90. The number of fused-ring (bicyclic) bond motifs is 5. The van der Waals surface area contributed by atoms with Crippen molar-refractivity contribution in [2.45, 2.75) is 64.8 Å². The van der Waals surface area contributed by atoms with Crippen LogP contribution in [0.3, 0.4) is 0 Å². The smallest absolute Gasteiger partial charge is 0.303 e. The van der Waals surface area contributed by atoms with Gasteiger partial charge in [-0.3, -0.25) is 14.4 Å². The molecule has 0 spiro atoms. The summed E-state index contributed by atoms with van der Waals surface area (Å²) in [6.45, 7) is 6.11. The van der Waals surface area contributed by atoms with Crippen LogP contribution in [0.15, 0.2) is 23.8 Å². The lowest BCUT2D eigenvalue weighted by atomic mass is 9.45. The van der Waals surface area contributed by atoms with Crippen LogP contribution >= 0.6 is 0 Å². The first kappa shape index (κ1) is 22.3.